The minimum absolute atomic E-state index is 0.0183. The molecule has 3 aromatic carbocycles. The molecule has 11 nitrogen and oxygen atoms in total. The number of carbonyl (C=O) groups is 3. The Bertz CT molecular complexity index is 1640. The number of hydrogen-bond donors (Lipinski definition) is 5. The van der Waals surface area contributed by atoms with Crippen LogP contribution in [0.1, 0.15) is 67.9 Å². The molecule has 1 aliphatic carbocycles. The molecule has 1 fully saturated rings. The molecular weight excluding hydrogens is 560 g/mol. The minimum Gasteiger partial charge on any atom is -0.507 e. The summed E-state index contributed by atoms with van der Waals surface area (Å²) in [5.74, 6) is -2.91. The third-order valence-corrected chi connectivity index (χ3v) is 7.56. The number of carbonyl (C=O) groups excluding carboxylic acids is 3. The van der Waals surface area contributed by atoms with E-state index in [0.29, 0.717) is 0 Å². The van der Waals surface area contributed by atoms with Gasteiger partial charge in [0.1, 0.15) is 35.6 Å². The summed E-state index contributed by atoms with van der Waals surface area (Å²) in [5.41, 5.74) is 0.0599. The van der Waals surface area contributed by atoms with Crippen LogP contribution < -0.4 is 9.47 Å². The van der Waals surface area contributed by atoms with Crippen LogP contribution in [0.4, 0.5) is 0 Å². The first-order valence-electron chi connectivity index (χ1n) is 13.5. The number of aliphatic hydroxyl groups is 4. The highest BCUT2D eigenvalue weighted by molar-refractivity contribution is 6.31. The molecule has 1 heterocycles. The number of aromatic hydroxyl groups is 1. The van der Waals surface area contributed by atoms with Crippen LogP contribution in [-0.2, 0) is 16.1 Å². The molecule has 11 heteroatoms. The molecule has 2 aliphatic rings. The highest BCUT2D eigenvalue weighted by Crippen LogP contribution is 2.44. The molecule has 0 amide bonds. The van der Waals surface area contributed by atoms with Gasteiger partial charge in [0, 0.05) is 34.7 Å². The van der Waals surface area contributed by atoms with Crippen molar-refractivity contribution in [3.63, 3.8) is 0 Å². The standard InChI is InChI=1S/C32H30O11/c1-14-21(43-32-31(40)30(39)27(36)15(2)41-32)12-20-25(26(14)35)29(38)23-18(13-33)11-22(42-16(3)34)19(24(23)28(20)37)10-9-17-7-5-4-6-8-17/h4-12,15,27,30-33,35-36,39-40H,13H2,1-3H3/b10-9+/t15-,27+,30+,31+,32+/m0/s1. The van der Waals surface area contributed by atoms with Crippen LogP contribution in [0, 0.1) is 6.92 Å². The second-order valence-electron chi connectivity index (χ2n) is 10.4. The van der Waals surface area contributed by atoms with E-state index in [-0.39, 0.29) is 50.4 Å². The molecule has 1 saturated heterocycles. The van der Waals surface area contributed by atoms with Crippen LogP contribution in [-0.4, -0.2) is 73.8 Å². The Morgan fingerprint density at radius 3 is 2.28 bits per heavy atom. The van der Waals surface area contributed by atoms with Gasteiger partial charge in [-0.15, -0.1) is 0 Å². The van der Waals surface area contributed by atoms with Crippen LogP contribution in [0.15, 0.2) is 42.5 Å². The fourth-order valence-corrected chi connectivity index (χ4v) is 5.27. The molecule has 0 bridgehead atoms. The molecule has 224 valence electrons. The lowest BCUT2D eigenvalue weighted by molar-refractivity contribution is -0.268. The van der Waals surface area contributed by atoms with Crippen molar-refractivity contribution in [1.29, 1.82) is 0 Å². The fourth-order valence-electron chi connectivity index (χ4n) is 5.27. The van der Waals surface area contributed by atoms with Gasteiger partial charge in [0.2, 0.25) is 6.29 Å². The smallest absolute Gasteiger partial charge is 0.308 e. The summed E-state index contributed by atoms with van der Waals surface area (Å²) in [6.07, 6.45) is -3.85. The fraction of sp³-hybridized carbons (Fsp3) is 0.281. The Kier molecular flexibility index (Phi) is 8.19. The lowest BCUT2D eigenvalue weighted by Gasteiger charge is -2.39. The van der Waals surface area contributed by atoms with E-state index >= 15 is 0 Å². The van der Waals surface area contributed by atoms with E-state index in [1.807, 2.05) is 30.3 Å². The Hall–Kier alpha value is -4.39. The van der Waals surface area contributed by atoms with E-state index in [0.717, 1.165) is 5.56 Å². The molecule has 43 heavy (non-hydrogen) atoms. The van der Waals surface area contributed by atoms with Crippen molar-refractivity contribution in [1.82, 2.24) is 0 Å². The van der Waals surface area contributed by atoms with Crippen molar-refractivity contribution in [2.24, 2.45) is 0 Å². The summed E-state index contributed by atoms with van der Waals surface area (Å²) in [7, 11) is 0. The van der Waals surface area contributed by atoms with Crippen molar-refractivity contribution in [2.45, 2.75) is 58.1 Å². The largest absolute Gasteiger partial charge is 0.507 e. The van der Waals surface area contributed by atoms with Crippen molar-refractivity contribution in [3.8, 4) is 17.2 Å². The van der Waals surface area contributed by atoms with Crippen LogP contribution in [0.5, 0.6) is 17.2 Å². The van der Waals surface area contributed by atoms with Gasteiger partial charge in [-0.05, 0) is 43.2 Å². The summed E-state index contributed by atoms with van der Waals surface area (Å²) >= 11 is 0. The maximum atomic E-state index is 14.2. The maximum Gasteiger partial charge on any atom is 0.308 e. The number of phenolic OH excluding ortho intramolecular Hbond substituents is 1. The highest BCUT2D eigenvalue weighted by Gasteiger charge is 2.44. The number of ether oxygens (including phenoxy) is 3. The van der Waals surface area contributed by atoms with Crippen LogP contribution >= 0.6 is 0 Å². The number of fused-ring (bicyclic) bond motifs is 2. The molecule has 0 saturated carbocycles. The third kappa shape index (κ3) is 5.33. The van der Waals surface area contributed by atoms with Crippen molar-refractivity contribution >= 4 is 29.7 Å². The van der Waals surface area contributed by atoms with Crippen molar-refractivity contribution < 1.29 is 54.1 Å². The molecule has 0 radical (unpaired) electrons. The molecule has 0 unspecified atom stereocenters. The number of phenols is 1. The first kappa shape index (κ1) is 30.1. The van der Waals surface area contributed by atoms with Gasteiger partial charge < -0.3 is 39.7 Å². The monoisotopic (exact) mass is 590 g/mol. The Morgan fingerprint density at radius 2 is 1.63 bits per heavy atom. The second-order valence-corrected chi connectivity index (χ2v) is 10.4. The molecule has 1 aliphatic heterocycles. The summed E-state index contributed by atoms with van der Waals surface area (Å²) in [6, 6.07) is 11.6. The minimum atomic E-state index is -1.67. The molecule has 0 aromatic heterocycles. The summed E-state index contributed by atoms with van der Waals surface area (Å²) in [4.78, 5) is 40.1. The first-order chi connectivity index (χ1) is 20.4. The SMILES string of the molecule is CC(=O)Oc1cc(CO)c2c(c1/C=C/c1ccccc1)C(=O)c1cc(O[C@H]3O[C@@H](C)[C@@H](O)[C@@H](O)[C@H]3O)c(C)c(O)c1C2=O. The average molecular weight is 591 g/mol. The highest BCUT2D eigenvalue weighted by atomic mass is 16.7. The third-order valence-electron chi connectivity index (χ3n) is 7.56. The van der Waals surface area contributed by atoms with Gasteiger partial charge >= 0.3 is 5.97 Å². The van der Waals surface area contributed by atoms with Gasteiger partial charge in [-0.1, -0.05) is 36.4 Å². The topological polar surface area (TPSA) is 180 Å². The van der Waals surface area contributed by atoms with Gasteiger partial charge in [0.25, 0.3) is 0 Å². The van der Waals surface area contributed by atoms with Crippen molar-refractivity contribution in [2.75, 3.05) is 0 Å². The molecule has 5 N–H and O–H groups in total. The quantitative estimate of drug-likeness (QED) is 0.126. The van der Waals surface area contributed by atoms with E-state index in [1.165, 1.54) is 39.0 Å². The number of ketones is 2. The Morgan fingerprint density at radius 1 is 0.930 bits per heavy atom. The normalized spacial score (nSPS) is 23.2. The lowest BCUT2D eigenvalue weighted by atomic mass is 9.78. The summed E-state index contributed by atoms with van der Waals surface area (Å²) in [6.45, 7) is 3.40. The van der Waals surface area contributed by atoms with E-state index in [4.69, 9.17) is 14.2 Å². The molecular formula is C32H30O11. The summed E-state index contributed by atoms with van der Waals surface area (Å²) < 4.78 is 16.7. The predicted molar refractivity (Wildman–Crippen MR) is 152 cm³/mol. The van der Waals surface area contributed by atoms with Crippen LogP contribution in [0.25, 0.3) is 12.2 Å². The number of aliphatic hydroxyl groups excluding tert-OH is 4. The molecule has 5 rings (SSSR count). The summed E-state index contributed by atoms with van der Waals surface area (Å²) in [5, 5.41) is 52.0. The lowest BCUT2D eigenvalue weighted by Crippen LogP contribution is -2.58. The molecule has 5 atom stereocenters. The van der Waals surface area contributed by atoms with Crippen molar-refractivity contribution in [3.05, 3.63) is 87.0 Å². The van der Waals surface area contributed by atoms with Gasteiger partial charge in [-0.3, -0.25) is 14.4 Å². The van der Waals surface area contributed by atoms with Gasteiger partial charge in [0.05, 0.1) is 18.3 Å². The Labute approximate surface area is 246 Å². The average Bonchev–Trinajstić information content (AvgIpc) is 2.98. The first-order valence-corrected chi connectivity index (χ1v) is 13.5. The van der Waals surface area contributed by atoms with Gasteiger partial charge in [-0.2, -0.15) is 0 Å². The number of rotatable bonds is 6. The molecule has 0 spiro atoms. The van der Waals surface area contributed by atoms with E-state index < -0.39 is 60.6 Å². The zero-order valence-electron chi connectivity index (χ0n) is 23.5. The zero-order chi connectivity index (χ0) is 31.2. The number of esters is 1. The van der Waals surface area contributed by atoms with E-state index in [1.54, 1.807) is 6.08 Å². The number of benzene rings is 3. The van der Waals surface area contributed by atoms with Crippen LogP contribution in [0.3, 0.4) is 0 Å². The zero-order valence-corrected chi connectivity index (χ0v) is 23.5. The predicted octanol–water partition coefficient (Wildman–Crippen LogP) is 2.27. The van der Waals surface area contributed by atoms with Crippen LogP contribution in [0.2, 0.25) is 0 Å². The van der Waals surface area contributed by atoms with Gasteiger partial charge in [0.15, 0.2) is 11.6 Å². The maximum absolute atomic E-state index is 14.2. The Balaban J connectivity index is 1.67. The number of hydrogen-bond acceptors (Lipinski definition) is 11. The van der Waals surface area contributed by atoms with E-state index in [2.05, 4.69) is 0 Å². The van der Waals surface area contributed by atoms with E-state index in [9.17, 15) is 39.9 Å². The molecule has 3 aromatic rings. The second kappa shape index (κ2) is 11.7. The van der Waals surface area contributed by atoms with Gasteiger partial charge in [-0.25, -0.2) is 0 Å².